The molecule has 6 heteroatoms. The van der Waals surface area contributed by atoms with E-state index in [-0.39, 0.29) is 11.8 Å². The first kappa shape index (κ1) is 18.9. The number of hydrogen-bond donors (Lipinski definition) is 2. The molecule has 1 aliphatic heterocycles. The molecule has 1 heterocycles. The fourth-order valence-electron chi connectivity index (χ4n) is 2.63. The number of amides is 2. The second-order valence-electron chi connectivity index (χ2n) is 5.99. The van der Waals surface area contributed by atoms with Gasteiger partial charge in [-0.2, -0.15) is 11.8 Å². The first-order chi connectivity index (χ1) is 12.7. The van der Waals surface area contributed by atoms with Crippen LogP contribution in [0.4, 0.5) is 5.69 Å². The van der Waals surface area contributed by atoms with Crippen LogP contribution in [-0.2, 0) is 0 Å². The van der Waals surface area contributed by atoms with Crippen LogP contribution < -0.4 is 10.6 Å². The Morgan fingerprint density at radius 2 is 2.00 bits per heavy atom. The Morgan fingerprint density at radius 3 is 2.85 bits per heavy atom. The Balaban J connectivity index is 1.65. The van der Waals surface area contributed by atoms with E-state index in [1.165, 1.54) is 23.9 Å². The van der Waals surface area contributed by atoms with Crippen LogP contribution in [0.25, 0.3) is 0 Å². The maximum absolute atomic E-state index is 12.4. The number of fused-ring (bicyclic) bond motifs is 2. The molecule has 2 amide bonds. The lowest BCUT2D eigenvalue weighted by atomic mass is 10.1. The predicted molar refractivity (Wildman–Crippen MR) is 110 cm³/mol. The van der Waals surface area contributed by atoms with Gasteiger partial charge in [0.2, 0.25) is 0 Å². The average Bonchev–Trinajstić information content (AvgIpc) is 2.79. The molecule has 2 aromatic rings. The van der Waals surface area contributed by atoms with Crippen LogP contribution in [0, 0.1) is 0 Å². The van der Waals surface area contributed by atoms with Crippen LogP contribution >= 0.6 is 23.5 Å². The third-order valence-electron chi connectivity index (χ3n) is 3.94. The van der Waals surface area contributed by atoms with Gasteiger partial charge < -0.3 is 10.6 Å². The van der Waals surface area contributed by atoms with Gasteiger partial charge in [0.15, 0.2) is 0 Å². The molecule has 26 heavy (non-hydrogen) atoms. The zero-order valence-corrected chi connectivity index (χ0v) is 16.3. The number of nitrogens with one attached hydrogen (secondary N) is 2. The monoisotopic (exact) mass is 386 g/mol. The van der Waals surface area contributed by atoms with E-state index in [1.807, 2.05) is 48.2 Å². The van der Waals surface area contributed by atoms with E-state index in [0.717, 1.165) is 22.0 Å². The fourth-order valence-corrected chi connectivity index (χ4v) is 4.49. The molecule has 0 aliphatic carbocycles. The number of benzene rings is 2. The molecule has 0 aromatic heterocycles. The molecule has 0 radical (unpaired) electrons. The molecular weight excluding hydrogens is 364 g/mol. The molecular formula is C20H22N2O2S2. The van der Waals surface area contributed by atoms with E-state index in [4.69, 9.17) is 0 Å². The van der Waals surface area contributed by atoms with E-state index < -0.39 is 0 Å². The first-order valence-electron chi connectivity index (χ1n) is 8.77. The van der Waals surface area contributed by atoms with Gasteiger partial charge >= 0.3 is 0 Å². The highest BCUT2D eigenvalue weighted by Crippen LogP contribution is 2.38. The van der Waals surface area contributed by atoms with Gasteiger partial charge in [0.1, 0.15) is 0 Å². The molecule has 0 unspecified atom stereocenters. The van der Waals surface area contributed by atoms with Crippen molar-refractivity contribution in [3.63, 3.8) is 0 Å². The predicted octanol–water partition coefficient (Wildman–Crippen LogP) is 4.67. The van der Waals surface area contributed by atoms with E-state index in [9.17, 15) is 9.59 Å². The third-order valence-corrected chi connectivity index (χ3v) is 6.37. The summed E-state index contributed by atoms with van der Waals surface area (Å²) in [5.74, 6) is 1.98. The highest BCUT2D eigenvalue weighted by molar-refractivity contribution is 7.99. The quantitative estimate of drug-likeness (QED) is 0.679. The molecule has 3 rings (SSSR count). The molecule has 2 N–H and O–H groups in total. The Hall–Kier alpha value is -1.92. The highest BCUT2D eigenvalue weighted by Gasteiger charge is 2.20. The van der Waals surface area contributed by atoms with Crippen molar-refractivity contribution in [2.45, 2.75) is 29.6 Å². The second-order valence-corrected chi connectivity index (χ2v) is 8.29. The fraction of sp³-hybridized carbons (Fsp3) is 0.300. The molecule has 1 aliphatic rings. The molecule has 0 bridgehead atoms. The minimum absolute atomic E-state index is 0.102. The lowest BCUT2D eigenvalue weighted by molar-refractivity contribution is 0.0952. The maximum atomic E-state index is 12.4. The smallest absolute Gasteiger partial charge is 0.256 e. The van der Waals surface area contributed by atoms with Crippen molar-refractivity contribution >= 4 is 41.0 Å². The number of hydrogen-bond acceptors (Lipinski definition) is 4. The van der Waals surface area contributed by atoms with E-state index in [0.29, 0.717) is 23.4 Å². The molecule has 2 aromatic carbocycles. The van der Waals surface area contributed by atoms with E-state index in [2.05, 4.69) is 17.6 Å². The maximum Gasteiger partial charge on any atom is 0.256 e. The summed E-state index contributed by atoms with van der Waals surface area (Å²) in [5, 5.41) is 5.88. The van der Waals surface area contributed by atoms with E-state index >= 15 is 0 Å². The van der Waals surface area contributed by atoms with Crippen LogP contribution in [0.1, 0.15) is 40.5 Å². The minimum atomic E-state index is -0.141. The van der Waals surface area contributed by atoms with Crippen LogP contribution in [0.15, 0.2) is 52.3 Å². The Bertz CT molecular complexity index is 808. The van der Waals surface area contributed by atoms with Gasteiger partial charge in [-0.25, -0.2) is 0 Å². The van der Waals surface area contributed by atoms with Crippen LogP contribution in [0.5, 0.6) is 0 Å². The Kier molecular flexibility index (Phi) is 6.63. The van der Waals surface area contributed by atoms with Gasteiger partial charge in [-0.05, 0) is 54.7 Å². The van der Waals surface area contributed by atoms with Crippen molar-refractivity contribution < 1.29 is 9.59 Å². The summed E-state index contributed by atoms with van der Waals surface area (Å²) in [6, 6.07) is 13.0. The Morgan fingerprint density at radius 1 is 1.15 bits per heavy atom. The lowest BCUT2D eigenvalue weighted by Crippen LogP contribution is -2.25. The molecule has 0 atom stereocenters. The summed E-state index contributed by atoms with van der Waals surface area (Å²) >= 11 is 3.45. The van der Waals surface area contributed by atoms with Gasteiger partial charge in [-0.15, -0.1) is 0 Å². The highest BCUT2D eigenvalue weighted by atomic mass is 32.2. The Labute approximate surface area is 162 Å². The van der Waals surface area contributed by atoms with Gasteiger partial charge in [-0.1, -0.05) is 30.8 Å². The molecule has 0 spiro atoms. The van der Waals surface area contributed by atoms with Crippen molar-refractivity contribution in [1.82, 2.24) is 5.32 Å². The summed E-state index contributed by atoms with van der Waals surface area (Å²) < 4.78 is 0. The number of thioether (sulfide) groups is 1. The van der Waals surface area contributed by atoms with Crippen molar-refractivity contribution in [2.24, 2.45) is 0 Å². The van der Waals surface area contributed by atoms with Gasteiger partial charge in [0.05, 0.1) is 11.3 Å². The molecule has 0 saturated carbocycles. The van der Waals surface area contributed by atoms with Crippen LogP contribution in [0.2, 0.25) is 0 Å². The number of rotatable bonds is 7. The van der Waals surface area contributed by atoms with Gasteiger partial charge in [0.25, 0.3) is 11.8 Å². The van der Waals surface area contributed by atoms with Gasteiger partial charge in [-0.3, -0.25) is 9.59 Å². The van der Waals surface area contributed by atoms with E-state index in [1.54, 1.807) is 6.07 Å². The zero-order chi connectivity index (χ0) is 18.4. The largest absolute Gasteiger partial charge is 0.352 e. The molecule has 136 valence electrons. The summed E-state index contributed by atoms with van der Waals surface area (Å²) in [6.45, 7) is 2.84. The number of carbonyl (C=O) groups is 2. The summed E-state index contributed by atoms with van der Waals surface area (Å²) in [5.41, 5.74) is 1.91. The van der Waals surface area contributed by atoms with Crippen LogP contribution in [0.3, 0.4) is 0 Å². The molecule has 4 nitrogen and oxygen atoms in total. The first-order valence-corrected chi connectivity index (χ1v) is 10.7. The summed E-state index contributed by atoms with van der Waals surface area (Å²) in [7, 11) is 0. The third kappa shape index (κ3) is 4.62. The van der Waals surface area contributed by atoms with Gasteiger partial charge in [0, 0.05) is 21.9 Å². The average molecular weight is 387 g/mol. The summed E-state index contributed by atoms with van der Waals surface area (Å²) in [4.78, 5) is 26.6. The number of carbonyl (C=O) groups excluding carboxylic acids is 2. The van der Waals surface area contributed by atoms with Crippen molar-refractivity contribution in [3.05, 3.63) is 53.6 Å². The zero-order valence-electron chi connectivity index (χ0n) is 14.7. The number of anilines is 1. The topological polar surface area (TPSA) is 58.2 Å². The van der Waals surface area contributed by atoms with Crippen molar-refractivity contribution in [1.29, 1.82) is 0 Å². The van der Waals surface area contributed by atoms with Crippen LogP contribution in [-0.4, -0.2) is 29.9 Å². The molecule has 0 saturated heterocycles. The SMILES string of the molecule is CCCSCCCNC(=O)c1ccc2c(c1)NC(=O)c1ccccc1S2. The minimum Gasteiger partial charge on any atom is -0.352 e. The normalized spacial score (nSPS) is 12.6. The second kappa shape index (κ2) is 9.14. The summed E-state index contributed by atoms with van der Waals surface area (Å²) in [6.07, 6.45) is 2.14. The standard InChI is InChI=1S/C20H22N2O2S2/c1-2-11-25-12-5-10-21-19(23)14-8-9-18-16(13-14)22-20(24)15-6-3-4-7-17(15)26-18/h3-4,6-9,13H,2,5,10-12H2,1H3,(H,21,23)(H,22,24). The van der Waals surface area contributed by atoms with Crippen molar-refractivity contribution in [3.8, 4) is 0 Å². The lowest BCUT2D eigenvalue weighted by Gasteiger charge is -2.10. The molecule has 0 fully saturated rings. The van der Waals surface area contributed by atoms with Crippen molar-refractivity contribution in [2.75, 3.05) is 23.4 Å².